The molecule has 1 unspecified atom stereocenters. The molecule has 0 N–H and O–H groups in total. The van der Waals surface area contributed by atoms with E-state index in [1.165, 1.54) is 29.3 Å². The van der Waals surface area contributed by atoms with Crippen molar-refractivity contribution in [1.82, 2.24) is 19.4 Å². The van der Waals surface area contributed by atoms with Crippen LogP contribution in [0.5, 0.6) is 0 Å². The van der Waals surface area contributed by atoms with Crippen molar-refractivity contribution < 1.29 is 0 Å². The van der Waals surface area contributed by atoms with Gasteiger partial charge in [0.05, 0.1) is 0 Å². The minimum atomic E-state index is 0.459. The molecule has 26 heavy (non-hydrogen) atoms. The Labute approximate surface area is 155 Å². The Bertz CT molecular complexity index is 900. The Hall–Kier alpha value is -2.40. The molecule has 3 aromatic rings. The fraction of sp³-hybridized carbons (Fsp3) is 0.429. The first-order valence-electron chi connectivity index (χ1n) is 9.39. The van der Waals surface area contributed by atoms with Crippen molar-refractivity contribution in [1.29, 1.82) is 0 Å². The third-order valence-electron chi connectivity index (χ3n) is 5.50. The summed E-state index contributed by atoms with van der Waals surface area (Å²) in [6.07, 6.45) is 6.54. The lowest BCUT2D eigenvalue weighted by Crippen LogP contribution is -2.46. The van der Waals surface area contributed by atoms with Gasteiger partial charge in [-0.2, -0.15) is 0 Å². The maximum absolute atomic E-state index is 4.59. The van der Waals surface area contributed by atoms with Crippen molar-refractivity contribution in [2.75, 3.05) is 25.0 Å². The number of hydrogen-bond acceptors (Lipinski definition) is 4. The summed E-state index contributed by atoms with van der Waals surface area (Å²) in [5.41, 5.74) is 3.74. The first-order valence-corrected chi connectivity index (χ1v) is 9.39. The number of piperidine rings is 1. The number of rotatable bonds is 4. The molecule has 5 nitrogen and oxygen atoms in total. The topological polar surface area (TPSA) is 37.2 Å². The third-order valence-corrected chi connectivity index (χ3v) is 5.50. The van der Waals surface area contributed by atoms with E-state index < -0.39 is 0 Å². The molecule has 0 bridgehead atoms. The summed E-state index contributed by atoms with van der Waals surface area (Å²) in [5, 5.41) is 1.37. The van der Waals surface area contributed by atoms with Gasteiger partial charge in [0, 0.05) is 62.2 Å². The highest BCUT2D eigenvalue weighted by Gasteiger charge is 2.25. The molecule has 1 fully saturated rings. The summed E-state index contributed by atoms with van der Waals surface area (Å²) < 4.78 is 2.23. The number of likely N-dealkylation sites (N-methyl/N-ethyl adjacent to an activating group) is 1. The molecular formula is C21H27N5. The van der Waals surface area contributed by atoms with Crippen LogP contribution in [0.25, 0.3) is 10.9 Å². The van der Waals surface area contributed by atoms with Crippen molar-refractivity contribution in [3.8, 4) is 0 Å². The minimum absolute atomic E-state index is 0.459. The number of benzene rings is 1. The van der Waals surface area contributed by atoms with Crippen LogP contribution in [0.1, 0.15) is 24.1 Å². The maximum Gasteiger partial charge on any atom is 0.225 e. The average Bonchev–Trinajstić information content (AvgIpc) is 2.97. The number of para-hydroxylation sites is 1. The third kappa shape index (κ3) is 3.31. The number of anilines is 1. The molecule has 5 heteroatoms. The molecule has 1 atom stereocenters. The second-order valence-electron chi connectivity index (χ2n) is 7.42. The minimum Gasteiger partial charge on any atom is -0.350 e. The monoisotopic (exact) mass is 349 g/mol. The van der Waals surface area contributed by atoms with Crippen LogP contribution in [0.3, 0.4) is 0 Å². The molecule has 0 saturated carbocycles. The second-order valence-corrected chi connectivity index (χ2v) is 7.42. The van der Waals surface area contributed by atoms with Crippen molar-refractivity contribution in [3.63, 3.8) is 0 Å². The molecule has 1 aliphatic rings. The average molecular weight is 349 g/mol. The molecular weight excluding hydrogens is 322 g/mol. The number of aryl methyl sites for hydroxylation is 2. The van der Waals surface area contributed by atoms with E-state index in [1.807, 2.05) is 19.2 Å². The van der Waals surface area contributed by atoms with Crippen LogP contribution in [0.15, 0.2) is 42.7 Å². The predicted molar refractivity (Wildman–Crippen MR) is 106 cm³/mol. The van der Waals surface area contributed by atoms with Crippen LogP contribution in [-0.4, -0.2) is 45.6 Å². The van der Waals surface area contributed by atoms with E-state index in [2.05, 4.69) is 68.9 Å². The molecule has 0 amide bonds. The Morgan fingerprint density at radius 3 is 2.92 bits per heavy atom. The molecule has 0 radical (unpaired) electrons. The lowest BCUT2D eigenvalue weighted by atomic mass is 10.0. The first kappa shape index (κ1) is 17.0. The quantitative estimate of drug-likeness (QED) is 0.724. The van der Waals surface area contributed by atoms with Gasteiger partial charge in [0.15, 0.2) is 0 Å². The van der Waals surface area contributed by atoms with Gasteiger partial charge >= 0.3 is 0 Å². The number of hydrogen-bond donors (Lipinski definition) is 0. The lowest BCUT2D eigenvalue weighted by Gasteiger charge is -2.37. The summed E-state index contributed by atoms with van der Waals surface area (Å²) in [6.45, 7) is 5.23. The van der Waals surface area contributed by atoms with E-state index in [-0.39, 0.29) is 0 Å². The van der Waals surface area contributed by atoms with E-state index in [9.17, 15) is 0 Å². The Balaban J connectivity index is 1.50. The highest BCUT2D eigenvalue weighted by Crippen LogP contribution is 2.24. The molecule has 3 heterocycles. The van der Waals surface area contributed by atoms with E-state index in [0.717, 1.165) is 31.3 Å². The van der Waals surface area contributed by atoms with Crippen LogP contribution in [-0.2, 0) is 13.6 Å². The van der Waals surface area contributed by atoms with Crippen LogP contribution in [0, 0.1) is 6.92 Å². The molecule has 136 valence electrons. The second kappa shape index (κ2) is 7.08. The van der Waals surface area contributed by atoms with Crippen LogP contribution in [0.2, 0.25) is 0 Å². The number of nitrogens with zero attached hydrogens (tertiary/aromatic N) is 5. The van der Waals surface area contributed by atoms with Crippen LogP contribution in [0.4, 0.5) is 5.95 Å². The zero-order chi connectivity index (χ0) is 18.1. The molecule has 1 saturated heterocycles. The molecule has 0 aliphatic carbocycles. The van der Waals surface area contributed by atoms with Gasteiger partial charge in [0.2, 0.25) is 5.95 Å². The largest absolute Gasteiger partial charge is 0.350 e. The normalized spacial score (nSPS) is 18.3. The zero-order valence-electron chi connectivity index (χ0n) is 15.9. The summed E-state index contributed by atoms with van der Waals surface area (Å²) in [6, 6.07) is 11.1. The van der Waals surface area contributed by atoms with E-state index in [1.54, 1.807) is 0 Å². The van der Waals surface area contributed by atoms with Gasteiger partial charge in [-0.1, -0.05) is 18.2 Å². The standard InChI is InChI=1S/C21H27N5/c1-16-10-11-22-21(23-16)25(3)18-7-6-12-26(15-18)14-17-13-24(2)20-9-5-4-8-19(17)20/h4-5,8-11,13,18H,6-7,12,14-15H2,1-3H3. The molecule has 2 aromatic heterocycles. The Morgan fingerprint density at radius 2 is 2.08 bits per heavy atom. The summed E-state index contributed by atoms with van der Waals surface area (Å²) in [7, 11) is 4.26. The highest BCUT2D eigenvalue weighted by molar-refractivity contribution is 5.83. The van der Waals surface area contributed by atoms with Crippen LogP contribution < -0.4 is 4.90 Å². The number of fused-ring (bicyclic) bond motifs is 1. The number of aromatic nitrogens is 3. The fourth-order valence-corrected chi connectivity index (χ4v) is 4.05. The number of likely N-dealkylation sites (tertiary alicyclic amines) is 1. The molecule has 0 spiro atoms. The van der Waals surface area contributed by atoms with Gasteiger partial charge < -0.3 is 9.47 Å². The van der Waals surface area contributed by atoms with Crippen molar-refractivity contribution in [2.24, 2.45) is 7.05 Å². The summed E-state index contributed by atoms with van der Waals surface area (Å²) in [4.78, 5) is 13.9. The first-order chi connectivity index (χ1) is 12.6. The van der Waals surface area contributed by atoms with Crippen LogP contribution >= 0.6 is 0 Å². The van der Waals surface area contributed by atoms with Gasteiger partial charge in [-0.05, 0) is 44.0 Å². The maximum atomic E-state index is 4.59. The Morgan fingerprint density at radius 1 is 1.23 bits per heavy atom. The summed E-state index contributed by atoms with van der Waals surface area (Å²) in [5.74, 6) is 0.835. The van der Waals surface area contributed by atoms with E-state index in [0.29, 0.717) is 6.04 Å². The van der Waals surface area contributed by atoms with Crippen molar-refractivity contribution in [2.45, 2.75) is 32.4 Å². The summed E-state index contributed by atoms with van der Waals surface area (Å²) >= 11 is 0. The van der Waals surface area contributed by atoms with Gasteiger partial charge in [-0.3, -0.25) is 4.90 Å². The van der Waals surface area contributed by atoms with E-state index in [4.69, 9.17) is 0 Å². The van der Waals surface area contributed by atoms with Gasteiger partial charge in [0.1, 0.15) is 0 Å². The predicted octanol–water partition coefficient (Wildman–Crippen LogP) is 3.38. The van der Waals surface area contributed by atoms with Gasteiger partial charge in [-0.25, -0.2) is 9.97 Å². The lowest BCUT2D eigenvalue weighted by molar-refractivity contribution is 0.198. The zero-order valence-corrected chi connectivity index (χ0v) is 15.9. The highest BCUT2D eigenvalue weighted by atomic mass is 15.3. The van der Waals surface area contributed by atoms with Crippen molar-refractivity contribution >= 4 is 16.9 Å². The fourth-order valence-electron chi connectivity index (χ4n) is 4.05. The molecule has 1 aromatic carbocycles. The Kier molecular flexibility index (Phi) is 4.64. The van der Waals surface area contributed by atoms with Gasteiger partial charge in [0.25, 0.3) is 0 Å². The van der Waals surface area contributed by atoms with E-state index >= 15 is 0 Å². The SMILES string of the molecule is Cc1ccnc(N(C)C2CCCN(Cc3cn(C)c4ccccc34)C2)n1. The smallest absolute Gasteiger partial charge is 0.225 e. The van der Waals surface area contributed by atoms with Crippen molar-refractivity contribution in [3.05, 3.63) is 54.0 Å². The molecule has 4 rings (SSSR count). The van der Waals surface area contributed by atoms with Gasteiger partial charge in [-0.15, -0.1) is 0 Å². The molecule has 1 aliphatic heterocycles.